The number of hydrogen-bond donors (Lipinski definition) is 1. The SMILES string of the molecule is CN1CCCCC1CCOc1ccc(C#CCO)cc1. The van der Waals surface area contributed by atoms with E-state index in [1.165, 1.54) is 25.8 Å². The summed E-state index contributed by atoms with van der Waals surface area (Å²) in [5.41, 5.74) is 0.901. The lowest BCUT2D eigenvalue weighted by molar-refractivity contribution is 0.153. The van der Waals surface area contributed by atoms with Crippen LogP contribution in [0.3, 0.4) is 0 Å². The Morgan fingerprint density at radius 2 is 2.10 bits per heavy atom. The van der Waals surface area contributed by atoms with Gasteiger partial charge < -0.3 is 14.7 Å². The average Bonchev–Trinajstić information content (AvgIpc) is 2.48. The zero-order valence-corrected chi connectivity index (χ0v) is 12.1. The third-order valence-electron chi connectivity index (χ3n) is 3.81. The van der Waals surface area contributed by atoms with Crippen LogP contribution in [0.4, 0.5) is 0 Å². The van der Waals surface area contributed by atoms with Gasteiger partial charge in [-0.25, -0.2) is 0 Å². The summed E-state index contributed by atoms with van der Waals surface area (Å²) in [5.74, 6) is 6.39. The van der Waals surface area contributed by atoms with Crippen molar-refractivity contribution >= 4 is 0 Å². The van der Waals surface area contributed by atoms with E-state index in [0.717, 1.165) is 24.3 Å². The van der Waals surface area contributed by atoms with E-state index in [2.05, 4.69) is 23.8 Å². The summed E-state index contributed by atoms with van der Waals surface area (Å²) in [6.07, 6.45) is 5.04. The second-order valence-electron chi connectivity index (χ2n) is 5.25. The Kier molecular flexibility index (Phi) is 5.91. The molecule has 1 unspecified atom stereocenters. The molecule has 1 fully saturated rings. The highest BCUT2D eigenvalue weighted by Crippen LogP contribution is 2.18. The van der Waals surface area contributed by atoms with Crippen LogP contribution in [0.1, 0.15) is 31.2 Å². The smallest absolute Gasteiger partial charge is 0.119 e. The minimum Gasteiger partial charge on any atom is -0.494 e. The second-order valence-corrected chi connectivity index (χ2v) is 5.25. The van der Waals surface area contributed by atoms with Crippen LogP contribution in [0.5, 0.6) is 5.75 Å². The van der Waals surface area contributed by atoms with Gasteiger partial charge in [0.15, 0.2) is 0 Å². The predicted molar refractivity (Wildman–Crippen MR) is 80.8 cm³/mol. The summed E-state index contributed by atoms with van der Waals surface area (Å²) in [6.45, 7) is 1.87. The van der Waals surface area contributed by atoms with E-state index in [0.29, 0.717) is 6.04 Å². The summed E-state index contributed by atoms with van der Waals surface area (Å²) < 4.78 is 5.79. The topological polar surface area (TPSA) is 32.7 Å². The molecule has 1 aliphatic rings. The molecule has 0 bridgehead atoms. The summed E-state index contributed by atoms with van der Waals surface area (Å²) in [5, 5.41) is 8.64. The lowest BCUT2D eigenvalue weighted by Crippen LogP contribution is -2.37. The van der Waals surface area contributed by atoms with Crippen LogP contribution in [0.15, 0.2) is 24.3 Å². The molecular formula is C17H23NO2. The van der Waals surface area contributed by atoms with Crippen LogP contribution in [-0.2, 0) is 0 Å². The Labute approximate surface area is 121 Å². The Morgan fingerprint density at radius 1 is 1.30 bits per heavy atom. The number of rotatable bonds is 4. The van der Waals surface area contributed by atoms with Gasteiger partial charge in [0.2, 0.25) is 0 Å². The molecule has 0 aliphatic carbocycles. The Bertz CT molecular complexity index is 458. The Morgan fingerprint density at radius 3 is 2.80 bits per heavy atom. The first kappa shape index (κ1) is 14.9. The molecule has 20 heavy (non-hydrogen) atoms. The fourth-order valence-corrected chi connectivity index (χ4v) is 2.60. The first-order valence-electron chi connectivity index (χ1n) is 7.32. The minimum absolute atomic E-state index is 0.104. The fraction of sp³-hybridized carbons (Fsp3) is 0.529. The van der Waals surface area contributed by atoms with Gasteiger partial charge >= 0.3 is 0 Å². The molecule has 0 aromatic heterocycles. The summed E-state index contributed by atoms with van der Waals surface area (Å²) >= 11 is 0. The molecule has 0 amide bonds. The Hall–Kier alpha value is -1.50. The second kappa shape index (κ2) is 7.94. The van der Waals surface area contributed by atoms with E-state index in [1.54, 1.807) is 0 Å². The molecule has 0 spiro atoms. The van der Waals surface area contributed by atoms with Crippen LogP contribution in [0.25, 0.3) is 0 Å². The largest absolute Gasteiger partial charge is 0.494 e. The summed E-state index contributed by atoms with van der Waals surface area (Å²) in [4.78, 5) is 2.44. The van der Waals surface area contributed by atoms with Gasteiger partial charge in [-0.1, -0.05) is 18.3 Å². The van der Waals surface area contributed by atoms with Crippen molar-refractivity contribution in [3.8, 4) is 17.6 Å². The van der Waals surface area contributed by atoms with Crippen molar-refractivity contribution in [3.63, 3.8) is 0 Å². The standard InChI is InChI=1S/C17H23NO2/c1-18-12-3-2-6-16(18)11-14-20-17-9-7-15(8-10-17)5-4-13-19/h7-10,16,19H,2-3,6,11-14H2,1H3. The molecule has 0 radical (unpaired) electrons. The number of aliphatic hydroxyl groups excluding tert-OH is 1. The van der Waals surface area contributed by atoms with Crippen LogP contribution < -0.4 is 4.74 Å². The zero-order chi connectivity index (χ0) is 14.2. The highest BCUT2D eigenvalue weighted by molar-refractivity contribution is 5.38. The highest BCUT2D eigenvalue weighted by atomic mass is 16.5. The molecule has 1 saturated heterocycles. The van der Waals surface area contributed by atoms with Crippen molar-refractivity contribution in [2.24, 2.45) is 0 Å². The molecule has 0 saturated carbocycles. The number of benzene rings is 1. The van der Waals surface area contributed by atoms with Gasteiger partial charge in [0.25, 0.3) is 0 Å². The maximum Gasteiger partial charge on any atom is 0.119 e. The van der Waals surface area contributed by atoms with Crippen molar-refractivity contribution in [2.45, 2.75) is 31.7 Å². The third kappa shape index (κ3) is 4.56. The summed E-state index contributed by atoms with van der Waals surface area (Å²) in [6, 6.07) is 8.38. The van der Waals surface area contributed by atoms with E-state index in [1.807, 2.05) is 24.3 Å². The number of likely N-dealkylation sites (tertiary alicyclic amines) is 1. The molecule has 1 atom stereocenters. The van der Waals surface area contributed by atoms with Crippen LogP contribution in [0.2, 0.25) is 0 Å². The van der Waals surface area contributed by atoms with Gasteiger partial charge in [-0.15, -0.1) is 0 Å². The van der Waals surface area contributed by atoms with Crippen molar-refractivity contribution in [2.75, 3.05) is 26.8 Å². The van der Waals surface area contributed by atoms with Gasteiger partial charge in [-0.3, -0.25) is 0 Å². The van der Waals surface area contributed by atoms with Crippen LogP contribution in [-0.4, -0.2) is 42.9 Å². The lowest BCUT2D eigenvalue weighted by atomic mass is 10.0. The first-order valence-corrected chi connectivity index (χ1v) is 7.32. The number of aliphatic hydroxyl groups is 1. The zero-order valence-electron chi connectivity index (χ0n) is 12.1. The lowest BCUT2D eigenvalue weighted by Gasteiger charge is -2.32. The van der Waals surface area contributed by atoms with Crippen molar-refractivity contribution in [1.29, 1.82) is 0 Å². The molecule has 108 valence electrons. The van der Waals surface area contributed by atoms with Gasteiger partial charge in [0.1, 0.15) is 12.4 Å². The van der Waals surface area contributed by atoms with E-state index >= 15 is 0 Å². The molecular weight excluding hydrogens is 250 g/mol. The van der Waals surface area contributed by atoms with Crippen LogP contribution in [0, 0.1) is 11.8 Å². The number of ether oxygens (including phenoxy) is 1. The van der Waals surface area contributed by atoms with Crippen molar-refractivity contribution in [1.82, 2.24) is 4.90 Å². The number of nitrogens with zero attached hydrogens (tertiary/aromatic N) is 1. The quantitative estimate of drug-likeness (QED) is 0.854. The van der Waals surface area contributed by atoms with E-state index in [9.17, 15) is 0 Å². The van der Waals surface area contributed by atoms with Gasteiger partial charge in [-0.05, 0) is 57.1 Å². The highest BCUT2D eigenvalue weighted by Gasteiger charge is 2.18. The molecule has 1 aliphatic heterocycles. The molecule has 3 nitrogen and oxygen atoms in total. The third-order valence-corrected chi connectivity index (χ3v) is 3.81. The molecule has 3 heteroatoms. The van der Waals surface area contributed by atoms with Gasteiger partial charge in [-0.2, -0.15) is 0 Å². The van der Waals surface area contributed by atoms with E-state index in [-0.39, 0.29) is 6.61 Å². The maximum absolute atomic E-state index is 8.64. The van der Waals surface area contributed by atoms with Crippen molar-refractivity contribution < 1.29 is 9.84 Å². The normalized spacial score (nSPS) is 19.2. The van der Waals surface area contributed by atoms with Gasteiger partial charge in [0.05, 0.1) is 6.61 Å². The maximum atomic E-state index is 8.64. The fourth-order valence-electron chi connectivity index (χ4n) is 2.60. The first-order chi connectivity index (χ1) is 9.79. The minimum atomic E-state index is -0.104. The monoisotopic (exact) mass is 273 g/mol. The average molecular weight is 273 g/mol. The van der Waals surface area contributed by atoms with E-state index < -0.39 is 0 Å². The van der Waals surface area contributed by atoms with Crippen LogP contribution >= 0.6 is 0 Å². The summed E-state index contributed by atoms with van der Waals surface area (Å²) in [7, 11) is 2.21. The number of hydrogen-bond acceptors (Lipinski definition) is 3. The van der Waals surface area contributed by atoms with Crippen molar-refractivity contribution in [3.05, 3.63) is 29.8 Å². The molecule has 1 heterocycles. The number of piperidine rings is 1. The Balaban J connectivity index is 1.76. The van der Waals surface area contributed by atoms with Gasteiger partial charge in [0, 0.05) is 11.6 Å². The molecule has 1 aromatic carbocycles. The molecule has 2 rings (SSSR count). The predicted octanol–water partition coefficient (Wildman–Crippen LogP) is 2.28. The molecule has 1 aromatic rings. The molecule has 1 N–H and O–H groups in total. The van der Waals surface area contributed by atoms with E-state index in [4.69, 9.17) is 9.84 Å².